The predicted octanol–water partition coefficient (Wildman–Crippen LogP) is 3.79. The number of alkyl halides is 3. The van der Waals surface area contributed by atoms with Gasteiger partial charge >= 0.3 is 16.8 Å². The van der Waals surface area contributed by atoms with Crippen molar-refractivity contribution in [2.45, 2.75) is 10.4 Å². The minimum absolute atomic E-state index is 0.0172. The Hall–Kier alpha value is -3.41. The van der Waals surface area contributed by atoms with E-state index in [0.29, 0.717) is 11.5 Å². The van der Waals surface area contributed by atoms with Gasteiger partial charge in [0.1, 0.15) is 11.3 Å². The van der Waals surface area contributed by atoms with Crippen LogP contribution in [0.1, 0.15) is 0 Å². The highest BCUT2D eigenvalue weighted by molar-refractivity contribution is 7.92. The lowest BCUT2D eigenvalue weighted by Crippen LogP contribution is -2.23. The van der Waals surface area contributed by atoms with Gasteiger partial charge in [0, 0.05) is 23.6 Å². The van der Waals surface area contributed by atoms with Crippen molar-refractivity contribution in [1.29, 1.82) is 0 Å². The molecule has 0 atom stereocenters. The topological polar surface area (TPSA) is 117 Å². The van der Waals surface area contributed by atoms with Gasteiger partial charge in [-0.1, -0.05) is 0 Å². The lowest BCUT2D eigenvalue weighted by molar-refractivity contribution is -0.385. The maximum atomic E-state index is 12.7. The standard InChI is InChI=1S/C16H8F3NO7S/c17-16(18,19)28(24,25)11-4-5-13(12(8-11)20(22)23)26-10-3-1-9-2-6-15(21)27-14(9)7-10/h1-8H. The second-order valence-electron chi connectivity index (χ2n) is 5.39. The summed E-state index contributed by atoms with van der Waals surface area (Å²) in [5, 5.41) is 11.7. The molecule has 0 N–H and O–H groups in total. The molecule has 12 heteroatoms. The summed E-state index contributed by atoms with van der Waals surface area (Å²) in [6.07, 6.45) is 0. The van der Waals surface area contributed by atoms with Crippen LogP contribution < -0.4 is 10.4 Å². The van der Waals surface area contributed by atoms with Crippen LogP contribution >= 0.6 is 0 Å². The summed E-state index contributed by atoms with van der Waals surface area (Å²) in [5.41, 5.74) is -7.12. The molecule has 0 aliphatic carbocycles. The molecule has 1 aromatic heterocycles. The van der Waals surface area contributed by atoms with Gasteiger partial charge in [0.05, 0.1) is 9.82 Å². The van der Waals surface area contributed by atoms with Crippen LogP contribution in [0, 0.1) is 10.1 Å². The van der Waals surface area contributed by atoms with Crippen LogP contribution in [0.3, 0.4) is 0 Å². The Bertz CT molecular complexity index is 1250. The van der Waals surface area contributed by atoms with E-state index in [9.17, 15) is 36.5 Å². The molecule has 146 valence electrons. The van der Waals surface area contributed by atoms with Crippen LogP contribution in [0.25, 0.3) is 11.0 Å². The van der Waals surface area contributed by atoms with Crippen molar-refractivity contribution in [1.82, 2.24) is 0 Å². The second-order valence-corrected chi connectivity index (χ2v) is 7.33. The Morgan fingerprint density at radius 1 is 1.04 bits per heavy atom. The summed E-state index contributed by atoms with van der Waals surface area (Å²) in [7, 11) is -5.77. The molecule has 3 rings (SSSR count). The summed E-state index contributed by atoms with van der Waals surface area (Å²) in [6.45, 7) is 0. The smallest absolute Gasteiger partial charge is 0.450 e. The minimum atomic E-state index is -5.77. The summed E-state index contributed by atoms with van der Waals surface area (Å²) < 4.78 is 71.1. The van der Waals surface area contributed by atoms with Crippen molar-refractivity contribution in [3.8, 4) is 11.5 Å². The number of sulfone groups is 1. The van der Waals surface area contributed by atoms with E-state index in [4.69, 9.17) is 9.15 Å². The van der Waals surface area contributed by atoms with Crippen LogP contribution in [0.5, 0.6) is 11.5 Å². The van der Waals surface area contributed by atoms with E-state index in [-0.39, 0.29) is 17.4 Å². The van der Waals surface area contributed by atoms with E-state index in [1.807, 2.05) is 0 Å². The molecule has 0 saturated carbocycles. The van der Waals surface area contributed by atoms with Crippen LogP contribution in [0.2, 0.25) is 0 Å². The third-order valence-electron chi connectivity index (χ3n) is 3.56. The number of nitro groups is 1. The van der Waals surface area contributed by atoms with Gasteiger partial charge < -0.3 is 9.15 Å². The third kappa shape index (κ3) is 3.53. The van der Waals surface area contributed by atoms with E-state index < -0.39 is 42.2 Å². The van der Waals surface area contributed by atoms with Crippen molar-refractivity contribution in [3.05, 3.63) is 69.1 Å². The molecule has 0 saturated heterocycles. The lowest BCUT2D eigenvalue weighted by atomic mass is 10.2. The van der Waals surface area contributed by atoms with Gasteiger partial charge in [-0.3, -0.25) is 10.1 Å². The molecule has 0 aliphatic heterocycles. The lowest BCUT2D eigenvalue weighted by Gasteiger charge is -2.10. The predicted molar refractivity (Wildman–Crippen MR) is 88.9 cm³/mol. The molecule has 2 aromatic carbocycles. The highest BCUT2D eigenvalue weighted by atomic mass is 32.2. The molecule has 8 nitrogen and oxygen atoms in total. The van der Waals surface area contributed by atoms with Crippen molar-refractivity contribution in [2.24, 2.45) is 0 Å². The number of ether oxygens (including phenoxy) is 1. The minimum Gasteiger partial charge on any atom is -0.450 e. The SMILES string of the molecule is O=c1ccc2ccc(Oc3ccc(S(=O)(=O)C(F)(F)F)cc3[N+](=O)[O-])cc2o1. The summed E-state index contributed by atoms with van der Waals surface area (Å²) >= 11 is 0. The van der Waals surface area contributed by atoms with Crippen LogP contribution in [-0.4, -0.2) is 18.8 Å². The summed E-state index contributed by atoms with van der Waals surface area (Å²) in [5.74, 6) is -0.514. The van der Waals surface area contributed by atoms with Gasteiger partial charge in [0.15, 0.2) is 0 Å². The maximum absolute atomic E-state index is 12.7. The number of nitro benzene ring substituents is 1. The molecule has 0 fully saturated rings. The van der Waals surface area contributed by atoms with Crippen LogP contribution in [0.15, 0.2) is 62.6 Å². The third-order valence-corrected chi connectivity index (χ3v) is 5.05. The van der Waals surface area contributed by atoms with E-state index in [2.05, 4.69) is 0 Å². The summed E-state index contributed by atoms with van der Waals surface area (Å²) in [4.78, 5) is 20.1. The number of halogens is 3. The molecule has 0 amide bonds. The van der Waals surface area contributed by atoms with E-state index in [1.54, 1.807) is 0 Å². The van der Waals surface area contributed by atoms with Crippen LogP contribution in [0.4, 0.5) is 18.9 Å². The maximum Gasteiger partial charge on any atom is 0.501 e. The molecule has 0 spiro atoms. The first-order valence-corrected chi connectivity index (χ1v) is 8.79. The Labute approximate surface area is 153 Å². The largest absolute Gasteiger partial charge is 0.501 e. The van der Waals surface area contributed by atoms with Gasteiger partial charge in [-0.25, -0.2) is 13.2 Å². The van der Waals surface area contributed by atoms with Gasteiger partial charge in [-0.2, -0.15) is 13.2 Å². The Morgan fingerprint density at radius 2 is 1.71 bits per heavy atom. The normalized spacial score (nSPS) is 12.1. The molecule has 0 bridgehead atoms. The zero-order valence-electron chi connectivity index (χ0n) is 13.5. The first kappa shape index (κ1) is 19.4. The second kappa shape index (κ2) is 6.64. The average Bonchev–Trinajstić information content (AvgIpc) is 2.60. The Balaban J connectivity index is 2.05. The molecule has 0 radical (unpaired) electrons. The van der Waals surface area contributed by atoms with Gasteiger partial charge in [-0.05, 0) is 30.3 Å². The summed E-state index contributed by atoms with van der Waals surface area (Å²) in [6, 6.07) is 8.33. The molecular weight excluding hydrogens is 407 g/mol. The van der Waals surface area contributed by atoms with Crippen molar-refractivity contribution in [2.75, 3.05) is 0 Å². The number of nitrogens with zero attached hydrogens (tertiary/aromatic N) is 1. The fourth-order valence-corrected chi connectivity index (χ4v) is 3.04. The van der Waals surface area contributed by atoms with Gasteiger partial charge in [0.2, 0.25) is 5.75 Å². The van der Waals surface area contributed by atoms with E-state index in [1.165, 1.54) is 30.3 Å². The molecule has 28 heavy (non-hydrogen) atoms. The van der Waals surface area contributed by atoms with Crippen molar-refractivity contribution in [3.63, 3.8) is 0 Å². The van der Waals surface area contributed by atoms with Crippen LogP contribution in [-0.2, 0) is 9.84 Å². The molecule has 1 heterocycles. The number of rotatable bonds is 4. The zero-order chi connectivity index (χ0) is 20.7. The molecule has 0 aliphatic rings. The molecule has 3 aromatic rings. The average molecular weight is 415 g/mol. The van der Waals surface area contributed by atoms with Crippen molar-refractivity contribution < 1.29 is 35.7 Å². The highest BCUT2D eigenvalue weighted by Crippen LogP contribution is 2.37. The molecule has 0 unspecified atom stereocenters. The fraction of sp³-hybridized carbons (Fsp3) is 0.0625. The van der Waals surface area contributed by atoms with E-state index >= 15 is 0 Å². The fourth-order valence-electron chi connectivity index (χ4n) is 2.26. The van der Waals surface area contributed by atoms with Gasteiger partial charge in [0.25, 0.3) is 9.84 Å². The number of benzene rings is 2. The number of hydrogen-bond donors (Lipinski definition) is 0. The number of hydrogen-bond acceptors (Lipinski definition) is 7. The highest BCUT2D eigenvalue weighted by Gasteiger charge is 2.47. The Kier molecular flexibility index (Phi) is 4.59. The monoisotopic (exact) mass is 415 g/mol. The quantitative estimate of drug-likeness (QED) is 0.361. The molecular formula is C16H8F3NO7S. The van der Waals surface area contributed by atoms with E-state index in [0.717, 1.165) is 6.07 Å². The van der Waals surface area contributed by atoms with Gasteiger partial charge in [-0.15, -0.1) is 0 Å². The first-order chi connectivity index (χ1) is 13.0. The zero-order valence-corrected chi connectivity index (χ0v) is 14.3. The van der Waals surface area contributed by atoms with Crippen molar-refractivity contribution >= 4 is 26.5 Å². The first-order valence-electron chi connectivity index (χ1n) is 7.30. The Morgan fingerprint density at radius 3 is 2.36 bits per heavy atom. The number of fused-ring (bicyclic) bond motifs is 1.